The van der Waals surface area contributed by atoms with E-state index in [1.807, 2.05) is 24.3 Å². The summed E-state index contributed by atoms with van der Waals surface area (Å²) in [5, 5.41) is 23.4. The zero-order chi connectivity index (χ0) is 28.9. The fourth-order valence-corrected chi connectivity index (χ4v) is 11.6. The molecule has 4 rings (SSSR count). The van der Waals surface area contributed by atoms with Crippen LogP contribution in [0.25, 0.3) is 11.1 Å². The van der Waals surface area contributed by atoms with E-state index in [4.69, 9.17) is 9.47 Å². The smallest absolute Gasteiger partial charge is 0.118 e. The zero-order valence-corrected chi connectivity index (χ0v) is 26.5. The molecule has 4 aromatic rings. The first-order chi connectivity index (χ1) is 19.1. The molecule has 40 heavy (non-hydrogen) atoms. The Bertz CT molecular complexity index is 1250. The summed E-state index contributed by atoms with van der Waals surface area (Å²) in [5.74, 6) is 1.66. The van der Waals surface area contributed by atoms with Crippen LogP contribution in [-0.2, 0) is 0 Å². The topological polar surface area (TPSA) is 58.9 Å². The van der Waals surface area contributed by atoms with Gasteiger partial charge in [0.25, 0.3) is 0 Å². The summed E-state index contributed by atoms with van der Waals surface area (Å²) in [7, 11) is -0.674. The molecule has 0 saturated heterocycles. The molecule has 4 nitrogen and oxygen atoms in total. The van der Waals surface area contributed by atoms with Crippen molar-refractivity contribution in [3.8, 4) is 22.6 Å². The summed E-state index contributed by atoms with van der Waals surface area (Å²) in [4.78, 5) is 0. The molecule has 0 heterocycles. The molecule has 2 atom stereocenters. The van der Waals surface area contributed by atoms with E-state index < -0.39 is 16.1 Å². The Morgan fingerprint density at radius 1 is 0.500 bits per heavy atom. The Labute approximate surface area is 241 Å². The molecule has 0 aliphatic carbocycles. The molecular weight excluding hydrogens is 529 g/mol. The highest BCUT2D eigenvalue weighted by Gasteiger charge is 2.35. The molecule has 4 aromatic carbocycles. The van der Waals surface area contributed by atoms with Crippen molar-refractivity contribution in [2.75, 3.05) is 27.4 Å². The van der Waals surface area contributed by atoms with Crippen molar-refractivity contribution in [2.24, 2.45) is 0 Å². The van der Waals surface area contributed by atoms with Gasteiger partial charge < -0.3 is 19.7 Å². The summed E-state index contributed by atoms with van der Waals surface area (Å²) in [6.45, 7) is 9.56. The van der Waals surface area contributed by atoms with Gasteiger partial charge in [0, 0.05) is 24.3 Å². The molecule has 0 fully saturated rings. The Kier molecular flexibility index (Phi) is 9.36. The Balaban J connectivity index is 1.54. The van der Waals surface area contributed by atoms with E-state index in [0.717, 1.165) is 22.6 Å². The van der Waals surface area contributed by atoms with Crippen molar-refractivity contribution in [3.05, 3.63) is 108 Å². The zero-order valence-electron chi connectivity index (χ0n) is 24.5. The Hall–Kier alpha value is -3.17. The Morgan fingerprint density at radius 2 is 0.800 bits per heavy atom. The van der Waals surface area contributed by atoms with E-state index in [2.05, 4.69) is 99.0 Å². The predicted octanol–water partition coefficient (Wildman–Crippen LogP) is 5.83. The van der Waals surface area contributed by atoms with E-state index >= 15 is 0 Å². The summed E-state index contributed by atoms with van der Waals surface area (Å²) < 4.78 is 10.6. The predicted molar refractivity (Wildman–Crippen MR) is 172 cm³/mol. The van der Waals surface area contributed by atoms with Crippen LogP contribution in [0.15, 0.2) is 97.1 Å². The number of ether oxygens (including phenoxy) is 2. The van der Waals surface area contributed by atoms with Crippen molar-refractivity contribution in [1.29, 1.82) is 0 Å². The molecule has 0 spiro atoms. The first-order valence-corrected chi connectivity index (χ1v) is 20.0. The second-order valence-electron chi connectivity index (χ2n) is 11.6. The monoisotopic (exact) mass is 570 g/mol. The molecule has 2 unspecified atom stereocenters. The molecule has 0 radical (unpaired) electrons. The molecule has 0 amide bonds. The highest BCUT2D eigenvalue weighted by molar-refractivity contribution is 6.91. The molecule has 210 valence electrons. The molecule has 0 aromatic heterocycles. The number of benzene rings is 4. The van der Waals surface area contributed by atoms with Gasteiger partial charge >= 0.3 is 0 Å². The fourth-order valence-electron chi connectivity index (χ4n) is 5.76. The minimum atomic E-state index is -2.01. The number of aliphatic hydroxyl groups excluding tert-OH is 2. The summed E-state index contributed by atoms with van der Waals surface area (Å²) in [5.41, 5.74) is 4.86. The third-order valence-electron chi connectivity index (χ3n) is 8.73. The average Bonchev–Trinajstić information content (AvgIpc) is 2.98. The van der Waals surface area contributed by atoms with Gasteiger partial charge in [-0.15, -0.1) is 0 Å². The molecule has 0 aliphatic rings. The van der Waals surface area contributed by atoms with Gasteiger partial charge in [0.1, 0.15) is 11.5 Å². The fraction of sp³-hybridized carbons (Fsp3) is 0.294. The highest BCUT2D eigenvalue weighted by Crippen LogP contribution is 2.31. The second-order valence-corrected chi connectivity index (χ2v) is 21.1. The summed E-state index contributed by atoms with van der Waals surface area (Å²) in [6.07, 6.45) is 0. The maximum Gasteiger partial charge on any atom is 0.118 e. The van der Waals surface area contributed by atoms with Crippen molar-refractivity contribution >= 4 is 26.5 Å². The van der Waals surface area contributed by atoms with Gasteiger partial charge in [-0.1, -0.05) is 109 Å². The number of rotatable bonds is 11. The number of methoxy groups -OCH3 is 2. The minimum absolute atomic E-state index is 0.0981. The minimum Gasteiger partial charge on any atom is -0.497 e. The third kappa shape index (κ3) is 6.10. The van der Waals surface area contributed by atoms with Gasteiger partial charge in [-0.25, -0.2) is 0 Å². The second kappa shape index (κ2) is 12.6. The van der Waals surface area contributed by atoms with E-state index in [-0.39, 0.29) is 24.3 Å². The lowest BCUT2D eigenvalue weighted by molar-refractivity contribution is 0.290. The van der Waals surface area contributed by atoms with Gasteiger partial charge in [0.05, 0.1) is 30.4 Å². The number of hydrogen-bond donors (Lipinski definition) is 2. The van der Waals surface area contributed by atoms with Crippen LogP contribution in [0.1, 0.15) is 22.2 Å². The number of aliphatic hydroxyl groups is 2. The van der Waals surface area contributed by atoms with Crippen molar-refractivity contribution in [1.82, 2.24) is 0 Å². The van der Waals surface area contributed by atoms with Gasteiger partial charge in [-0.2, -0.15) is 0 Å². The van der Waals surface area contributed by atoms with Crippen LogP contribution in [0.3, 0.4) is 0 Å². The summed E-state index contributed by atoms with van der Waals surface area (Å²) >= 11 is 0. The van der Waals surface area contributed by atoms with E-state index in [9.17, 15) is 10.2 Å². The third-order valence-corrected chi connectivity index (χ3v) is 16.9. The van der Waals surface area contributed by atoms with Gasteiger partial charge in [-0.05, 0) is 46.5 Å². The normalized spacial score (nSPS) is 13.5. The maximum absolute atomic E-state index is 10.4. The van der Waals surface area contributed by atoms with Crippen molar-refractivity contribution < 1.29 is 19.7 Å². The lowest BCUT2D eigenvalue weighted by Crippen LogP contribution is -2.49. The number of hydrogen-bond acceptors (Lipinski definition) is 4. The maximum atomic E-state index is 10.4. The molecule has 0 saturated carbocycles. The van der Waals surface area contributed by atoms with Crippen molar-refractivity contribution in [3.63, 3.8) is 0 Å². The van der Waals surface area contributed by atoms with E-state index in [1.54, 1.807) is 14.2 Å². The molecule has 2 N–H and O–H groups in total. The largest absolute Gasteiger partial charge is 0.497 e. The molecular formula is C34H42O4Si2. The SMILES string of the molecule is COc1ccc(C(CO)[Si](C)(C)c2ccc(-c3ccc([Si](C)(C)C(CO)c4ccc(OC)cc4)cc3)cc2)cc1. The van der Waals surface area contributed by atoms with Crippen LogP contribution >= 0.6 is 0 Å². The lowest BCUT2D eigenvalue weighted by atomic mass is 10.1. The van der Waals surface area contributed by atoms with Crippen LogP contribution < -0.4 is 19.8 Å². The van der Waals surface area contributed by atoms with E-state index in [0.29, 0.717) is 0 Å². The van der Waals surface area contributed by atoms with Crippen LogP contribution in [0.2, 0.25) is 26.2 Å². The van der Waals surface area contributed by atoms with Gasteiger partial charge in [0.15, 0.2) is 0 Å². The van der Waals surface area contributed by atoms with Crippen molar-refractivity contribution in [2.45, 2.75) is 37.3 Å². The van der Waals surface area contributed by atoms with Crippen LogP contribution in [0.4, 0.5) is 0 Å². The van der Waals surface area contributed by atoms with Crippen LogP contribution in [0, 0.1) is 0 Å². The standard InChI is InChI=1S/C34H42O4Si2/c1-37-29-15-7-27(8-16-29)33(23-35)39(3,4)31-19-11-25(12-20-31)26-13-21-32(22-14-26)40(5,6)34(24-36)28-9-17-30(38-2)18-10-28/h7-22,33-36H,23-24H2,1-6H3. The summed E-state index contributed by atoms with van der Waals surface area (Å²) in [6, 6.07) is 34.0. The van der Waals surface area contributed by atoms with Gasteiger partial charge in [-0.3, -0.25) is 0 Å². The molecule has 0 bridgehead atoms. The van der Waals surface area contributed by atoms with E-state index in [1.165, 1.54) is 21.5 Å². The van der Waals surface area contributed by atoms with Crippen LogP contribution in [-0.4, -0.2) is 53.8 Å². The first-order valence-electron chi connectivity index (χ1n) is 13.9. The quantitative estimate of drug-likeness (QED) is 0.223. The van der Waals surface area contributed by atoms with Gasteiger partial charge in [0.2, 0.25) is 0 Å². The molecule has 0 aliphatic heterocycles. The lowest BCUT2D eigenvalue weighted by Gasteiger charge is -2.33. The average molecular weight is 571 g/mol. The first kappa shape index (κ1) is 29.8. The Morgan fingerprint density at radius 3 is 1.05 bits per heavy atom. The highest BCUT2D eigenvalue weighted by atomic mass is 28.3. The molecule has 6 heteroatoms. The van der Waals surface area contributed by atoms with Crippen LogP contribution in [0.5, 0.6) is 11.5 Å².